The summed E-state index contributed by atoms with van der Waals surface area (Å²) in [6, 6.07) is 0. The molecule has 9 nitrogen and oxygen atoms in total. The summed E-state index contributed by atoms with van der Waals surface area (Å²) in [6.45, 7) is 2.97. The van der Waals surface area contributed by atoms with E-state index in [4.69, 9.17) is 4.74 Å². The summed E-state index contributed by atoms with van der Waals surface area (Å²) in [5.74, 6) is 0. The number of ether oxygens (including phenoxy) is 1. The summed E-state index contributed by atoms with van der Waals surface area (Å²) in [5, 5.41) is 31.2. The van der Waals surface area contributed by atoms with Crippen molar-refractivity contribution in [3.05, 3.63) is 23.0 Å². The SMILES string of the molecule is CC1(C)[C@]2(O)[C@@H](CO)O[C@@H](n3cnc4c(=O)[nH]cnc43)[C@]12O. The lowest BCUT2D eigenvalue weighted by atomic mass is 10.0. The number of rotatable bonds is 2. The normalized spacial score (nSPS) is 39.1. The van der Waals surface area contributed by atoms with Crippen molar-refractivity contribution < 1.29 is 20.1 Å². The van der Waals surface area contributed by atoms with Crippen LogP contribution in [0.15, 0.2) is 17.4 Å². The van der Waals surface area contributed by atoms with Gasteiger partial charge >= 0.3 is 0 Å². The average Bonchev–Trinajstić information content (AvgIpc) is 2.86. The van der Waals surface area contributed by atoms with E-state index in [0.29, 0.717) is 0 Å². The number of H-pyrrole nitrogens is 1. The molecule has 22 heavy (non-hydrogen) atoms. The number of aromatic amines is 1. The molecule has 0 amide bonds. The molecule has 2 aromatic rings. The Morgan fingerprint density at radius 3 is 2.73 bits per heavy atom. The fraction of sp³-hybridized carbons (Fsp3) is 0.615. The van der Waals surface area contributed by atoms with Gasteiger partial charge in [0.05, 0.1) is 19.3 Å². The molecule has 3 heterocycles. The van der Waals surface area contributed by atoms with Gasteiger partial charge in [-0.15, -0.1) is 0 Å². The summed E-state index contributed by atoms with van der Waals surface area (Å²) in [7, 11) is 0. The number of nitrogens with one attached hydrogen (secondary N) is 1. The fourth-order valence-corrected chi connectivity index (χ4v) is 3.87. The Morgan fingerprint density at radius 2 is 2.09 bits per heavy atom. The molecular formula is C13H16N4O5. The first-order valence-electron chi connectivity index (χ1n) is 6.92. The van der Waals surface area contributed by atoms with E-state index in [1.165, 1.54) is 17.2 Å². The van der Waals surface area contributed by atoms with Crippen molar-refractivity contribution >= 4 is 11.2 Å². The molecule has 0 bridgehead atoms. The number of nitrogens with zero attached hydrogens (tertiary/aromatic N) is 3. The first-order chi connectivity index (χ1) is 10.3. The minimum atomic E-state index is -1.61. The lowest BCUT2D eigenvalue weighted by molar-refractivity contribution is -0.123. The van der Waals surface area contributed by atoms with Crippen molar-refractivity contribution in [2.45, 2.75) is 37.4 Å². The quantitative estimate of drug-likeness (QED) is 0.531. The standard InChI is InChI=1S/C13H16N4O5/c1-11(2)12(20)6(3-18)22-10(13(11,12)21)17-5-16-7-8(17)14-4-15-9(7)19/h4-6,10,18,20-21H,3H2,1-2H3,(H,14,15,19)/t6-,10-,12-,13+/m1/s1. The van der Waals surface area contributed by atoms with Crippen LogP contribution in [0.1, 0.15) is 20.1 Å². The molecule has 1 saturated carbocycles. The van der Waals surface area contributed by atoms with E-state index >= 15 is 0 Å². The molecule has 4 N–H and O–H groups in total. The Morgan fingerprint density at radius 1 is 1.36 bits per heavy atom. The molecule has 2 aliphatic rings. The Bertz CT molecular complexity index is 829. The van der Waals surface area contributed by atoms with Gasteiger partial charge in [-0.05, 0) is 0 Å². The van der Waals surface area contributed by atoms with E-state index in [2.05, 4.69) is 15.0 Å². The Balaban J connectivity index is 1.90. The maximum atomic E-state index is 11.7. The third-order valence-electron chi connectivity index (χ3n) is 5.32. The van der Waals surface area contributed by atoms with Crippen LogP contribution in [0, 0.1) is 5.41 Å². The number of hydrogen-bond donors (Lipinski definition) is 4. The molecule has 4 rings (SSSR count). The van der Waals surface area contributed by atoms with Gasteiger partial charge in [0.15, 0.2) is 17.4 Å². The van der Waals surface area contributed by atoms with Gasteiger partial charge in [0.25, 0.3) is 5.56 Å². The number of fused-ring (bicyclic) bond motifs is 2. The van der Waals surface area contributed by atoms with E-state index in [1.807, 2.05) is 0 Å². The van der Waals surface area contributed by atoms with E-state index in [-0.39, 0.29) is 11.2 Å². The number of aliphatic hydroxyl groups excluding tert-OH is 1. The highest BCUT2D eigenvalue weighted by Gasteiger charge is 2.92. The van der Waals surface area contributed by atoms with Crippen molar-refractivity contribution in [1.29, 1.82) is 0 Å². The van der Waals surface area contributed by atoms with Gasteiger partial charge in [-0.25, -0.2) is 9.97 Å². The molecule has 0 unspecified atom stereocenters. The lowest BCUT2D eigenvalue weighted by Gasteiger charge is -2.26. The van der Waals surface area contributed by atoms with E-state index in [9.17, 15) is 20.1 Å². The summed E-state index contributed by atoms with van der Waals surface area (Å²) in [5.41, 5.74) is -4.11. The number of imidazole rings is 1. The van der Waals surface area contributed by atoms with Crippen LogP contribution in [0.3, 0.4) is 0 Å². The smallest absolute Gasteiger partial charge is 0.278 e. The molecule has 0 aromatic carbocycles. The third-order valence-corrected chi connectivity index (χ3v) is 5.32. The van der Waals surface area contributed by atoms with E-state index in [0.717, 1.165) is 0 Å². The molecule has 0 radical (unpaired) electrons. The second kappa shape index (κ2) is 3.74. The van der Waals surface area contributed by atoms with Crippen molar-refractivity contribution in [3.63, 3.8) is 0 Å². The molecule has 118 valence electrons. The monoisotopic (exact) mass is 308 g/mol. The van der Waals surface area contributed by atoms with E-state index < -0.39 is 41.1 Å². The Hall–Kier alpha value is -1.81. The second-order valence-corrected chi connectivity index (χ2v) is 6.37. The minimum Gasteiger partial charge on any atom is -0.394 e. The molecule has 1 aliphatic heterocycles. The van der Waals surface area contributed by atoms with Crippen molar-refractivity contribution in [1.82, 2.24) is 19.5 Å². The van der Waals surface area contributed by atoms with Crippen LogP contribution < -0.4 is 5.56 Å². The van der Waals surface area contributed by atoms with Gasteiger partial charge in [0, 0.05) is 5.41 Å². The van der Waals surface area contributed by atoms with Crippen LogP contribution >= 0.6 is 0 Å². The number of aliphatic hydroxyl groups is 3. The van der Waals surface area contributed by atoms with Crippen LogP contribution in [-0.4, -0.2) is 58.8 Å². The zero-order valence-corrected chi connectivity index (χ0v) is 12.0. The van der Waals surface area contributed by atoms with Gasteiger partial charge < -0.3 is 25.0 Å². The van der Waals surface area contributed by atoms with Crippen LogP contribution in [0.2, 0.25) is 0 Å². The zero-order valence-electron chi connectivity index (χ0n) is 12.0. The molecule has 9 heteroatoms. The van der Waals surface area contributed by atoms with Crippen molar-refractivity contribution in [3.8, 4) is 0 Å². The lowest BCUT2D eigenvalue weighted by Crippen LogP contribution is -2.36. The number of hydrogen-bond acceptors (Lipinski definition) is 7. The summed E-state index contributed by atoms with van der Waals surface area (Å²) in [6.07, 6.45) is 0.639. The van der Waals surface area contributed by atoms with Crippen molar-refractivity contribution in [2.24, 2.45) is 5.41 Å². The first-order valence-corrected chi connectivity index (χ1v) is 6.92. The maximum absolute atomic E-state index is 11.7. The molecular weight excluding hydrogens is 292 g/mol. The molecule has 2 aromatic heterocycles. The predicted octanol–water partition coefficient (Wildman–Crippen LogP) is -1.49. The van der Waals surface area contributed by atoms with Crippen LogP contribution in [0.4, 0.5) is 0 Å². The van der Waals surface area contributed by atoms with Gasteiger partial charge in [-0.2, -0.15) is 0 Å². The highest BCUT2D eigenvalue weighted by molar-refractivity contribution is 5.69. The molecule has 1 saturated heterocycles. The van der Waals surface area contributed by atoms with Gasteiger partial charge in [-0.1, -0.05) is 13.8 Å². The predicted molar refractivity (Wildman–Crippen MR) is 72.8 cm³/mol. The first kappa shape index (κ1) is 13.8. The Labute approximate surface area is 124 Å². The zero-order chi connectivity index (χ0) is 15.9. The summed E-state index contributed by atoms with van der Waals surface area (Å²) < 4.78 is 7.04. The highest BCUT2D eigenvalue weighted by Crippen LogP contribution is 2.75. The average molecular weight is 308 g/mol. The largest absolute Gasteiger partial charge is 0.394 e. The second-order valence-electron chi connectivity index (χ2n) is 6.37. The molecule has 4 atom stereocenters. The molecule has 0 spiro atoms. The van der Waals surface area contributed by atoms with Crippen LogP contribution in [0.25, 0.3) is 11.2 Å². The van der Waals surface area contributed by atoms with Gasteiger partial charge in [-0.3, -0.25) is 9.36 Å². The summed E-state index contributed by atoms with van der Waals surface area (Å²) in [4.78, 5) is 22.2. The molecule has 1 aliphatic carbocycles. The molecule has 2 fully saturated rings. The van der Waals surface area contributed by atoms with E-state index in [1.54, 1.807) is 13.8 Å². The Kier molecular flexibility index (Phi) is 2.35. The maximum Gasteiger partial charge on any atom is 0.278 e. The van der Waals surface area contributed by atoms with Crippen LogP contribution in [-0.2, 0) is 4.74 Å². The van der Waals surface area contributed by atoms with Gasteiger partial charge in [0.2, 0.25) is 0 Å². The van der Waals surface area contributed by atoms with Crippen molar-refractivity contribution in [2.75, 3.05) is 6.61 Å². The number of aromatic nitrogens is 4. The highest BCUT2D eigenvalue weighted by atomic mass is 16.6. The topological polar surface area (TPSA) is 133 Å². The summed E-state index contributed by atoms with van der Waals surface area (Å²) >= 11 is 0. The van der Waals surface area contributed by atoms with Gasteiger partial charge in [0.1, 0.15) is 17.3 Å². The minimum absolute atomic E-state index is 0.115. The third kappa shape index (κ3) is 1.16. The fourth-order valence-electron chi connectivity index (χ4n) is 3.87. The van der Waals surface area contributed by atoms with Crippen LogP contribution in [0.5, 0.6) is 0 Å².